The van der Waals surface area contributed by atoms with E-state index in [-0.39, 0.29) is 11.8 Å². The van der Waals surface area contributed by atoms with Crippen LogP contribution in [-0.4, -0.2) is 11.8 Å². The molecule has 148 valence electrons. The number of carbonyl (C=O) groups is 2. The molecule has 2 amide bonds. The van der Waals surface area contributed by atoms with Gasteiger partial charge < -0.3 is 0 Å². The molecule has 3 nitrogen and oxygen atoms in total. The van der Waals surface area contributed by atoms with Crippen LogP contribution in [0.15, 0.2) is 72.8 Å². The van der Waals surface area contributed by atoms with Gasteiger partial charge in [0.15, 0.2) is 0 Å². The molecule has 2 atom stereocenters. The van der Waals surface area contributed by atoms with Crippen molar-refractivity contribution in [2.75, 3.05) is 4.90 Å². The molecule has 1 aliphatic heterocycles. The topological polar surface area (TPSA) is 37.4 Å². The molecular weight excluding hydrogens is 485 g/mol. The van der Waals surface area contributed by atoms with E-state index in [1.54, 1.807) is 0 Å². The van der Waals surface area contributed by atoms with Crippen molar-refractivity contribution < 1.29 is 9.59 Å². The van der Waals surface area contributed by atoms with Crippen LogP contribution in [0.5, 0.6) is 0 Å². The van der Waals surface area contributed by atoms with Gasteiger partial charge in [-0.15, -0.1) is 0 Å². The fraction of sp³-hybridized carbons (Fsp3) is 0.231. The second kappa shape index (κ2) is 5.82. The summed E-state index contributed by atoms with van der Waals surface area (Å²) in [6.45, 7) is 4.32. The van der Waals surface area contributed by atoms with Crippen LogP contribution in [0, 0.1) is 15.4 Å². The lowest BCUT2D eigenvalue weighted by atomic mass is 9.42. The van der Waals surface area contributed by atoms with Gasteiger partial charge in [0.25, 0.3) is 0 Å². The van der Waals surface area contributed by atoms with Gasteiger partial charge in [0.2, 0.25) is 11.8 Å². The molecule has 4 aliphatic rings. The standard InChI is InChI=1S/C26H20INO2/c1-25-15-9-3-5-11-17(15)26(2,18-12-6-4-10-16(18)25)22-21(25)23(29)28(24(22)30)20-14-8-7-13-19(20)27/h3-14,21-22H,1-2H3. The van der Waals surface area contributed by atoms with E-state index < -0.39 is 22.7 Å². The van der Waals surface area contributed by atoms with E-state index in [0.29, 0.717) is 5.69 Å². The molecule has 0 spiro atoms. The summed E-state index contributed by atoms with van der Waals surface area (Å²) in [4.78, 5) is 29.4. The molecule has 2 unspecified atom stereocenters. The summed E-state index contributed by atoms with van der Waals surface area (Å²) in [5, 5.41) is 0. The normalized spacial score (nSPS) is 30.8. The minimum Gasteiger partial charge on any atom is -0.274 e. The fourth-order valence-corrected chi connectivity index (χ4v) is 7.07. The summed E-state index contributed by atoms with van der Waals surface area (Å²) in [6.07, 6.45) is 0. The maximum Gasteiger partial charge on any atom is 0.239 e. The van der Waals surface area contributed by atoms with Crippen molar-refractivity contribution >= 4 is 40.1 Å². The number of anilines is 1. The predicted molar refractivity (Wildman–Crippen MR) is 124 cm³/mol. The third-order valence-corrected chi connectivity index (χ3v) is 8.65. The lowest BCUT2D eigenvalue weighted by molar-refractivity contribution is -0.124. The predicted octanol–water partition coefficient (Wildman–Crippen LogP) is 5.04. The van der Waals surface area contributed by atoms with Crippen LogP contribution in [-0.2, 0) is 20.4 Å². The highest BCUT2D eigenvalue weighted by Crippen LogP contribution is 2.66. The Labute approximate surface area is 189 Å². The van der Waals surface area contributed by atoms with Crippen LogP contribution in [0.4, 0.5) is 5.69 Å². The average molecular weight is 505 g/mol. The van der Waals surface area contributed by atoms with Crippen molar-refractivity contribution in [3.8, 4) is 0 Å². The molecule has 1 fully saturated rings. The lowest BCUT2D eigenvalue weighted by Gasteiger charge is -2.57. The van der Waals surface area contributed by atoms with Crippen molar-refractivity contribution in [3.05, 3.63) is 98.6 Å². The summed E-state index contributed by atoms with van der Waals surface area (Å²) in [7, 11) is 0. The first-order valence-corrected chi connectivity index (χ1v) is 11.3. The number of nitrogens with zero attached hydrogens (tertiary/aromatic N) is 1. The number of imide groups is 1. The highest BCUT2D eigenvalue weighted by atomic mass is 127. The van der Waals surface area contributed by atoms with Gasteiger partial charge in [0.05, 0.1) is 17.5 Å². The van der Waals surface area contributed by atoms with E-state index in [2.05, 4.69) is 60.7 Å². The Morgan fingerprint density at radius 1 is 0.667 bits per heavy atom. The van der Waals surface area contributed by atoms with Gasteiger partial charge in [0, 0.05) is 14.4 Å². The highest BCUT2D eigenvalue weighted by molar-refractivity contribution is 14.1. The first kappa shape index (κ1) is 18.3. The first-order valence-electron chi connectivity index (χ1n) is 10.2. The van der Waals surface area contributed by atoms with Gasteiger partial charge in [-0.3, -0.25) is 9.59 Å². The first-order chi connectivity index (χ1) is 14.4. The van der Waals surface area contributed by atoms with Gasteiger partial charge in [-0.1, -0.05) is 74.5 Å². The van der Waals surface area contributed by atoms with Crippen molar-refractivity contribution in [2.24, 2.45) is 11.8 Å². The summed E-state index contributed by atoms with van der Waals surface area (Å²) >= 11 is 2.21. The Bertz CT molecular complexity index is 1140. The third-order valence-electron chi connectivity index (χ3n) is 7.74. The number of amides is 2. The molecule has 3 aromatic rings. The van der Waals surface area contributed by atoms with Gasteiger partial charge in [-0.05, 0) is 57.0 Å². The van der Waals surface area contributed by atoms with Gasteiger partial charge in [-0.2, -0.15) is 0 Å². The van der Waals surface area contributed by atoms with Crippen LogP contribution in [0.3, 0.4) is 0 Å². The zero-order valence-electron chi connectivity index (χ0n) is 16.7. The third kappa shape index (κ3) is 1.87. The zero-order valence-corrected chi connectivity index (χ0v) is 18.9. The molecular formula is C26H20INO2. The largest absolute Gasteiger partial charge is 0.274 e. The van der Waals surface area contributed by atoms with Crippen molar-refractivity contribution in [1.29, 1.82) is 0 Å². The molecule has 7 rings (SSSR count). The van der Waals surface area contributed by atoms with E-state index in [0.717, 1.165) is 3.57 Å². The number of para-hydroxylation sites is 1. The zero-order chi connectivity index (χ0) is 20.8. The molecule has 0 radical (unpaired) electrons. The molecule has 2 bridgehead atoms. The average Bonchev–Trinajstić information content (AvgIpc) is 3.04. The lowest BCUT2D eigenvalue weighted by Crippen LogP contribution is -2.59. The minimum atomic E-state index is -0.530. The summed E-state index contributed by atoms with van der Waals surface area (Å²) in [5.74, 6) is -0.967. The molecule has 0 aromatic heterocycles. The van der Waals surface area contributed by atoms with Crippen molar-refractivity contribution in [2.45, 2.75) is 24.7 Å². The van der Waals surface area contributed by atoms with E-state index in [1.807, 2.05) is 48.5 Å². The summed E-state index contributed by atoms with van der Waals surface area (Å²) in [5.41, 5.74) is 4.35. The molecule has 4 heteroatoms. The minimum absolute atomic E-state index is 0.0770. The van der Waals surface area contributed by atoms with Crippen LogP contribution >= 0.6 is 22.6 Å². The second-order valence-corrected chi connectivity index (χ2v) is 10.1. The molecule has 3 aromatic carbocycles. The van der Waals surface area contributed by atoms with E-state index >= 15 is 0 Å². The number of rotatable bonds is 1. The second-order valence-electron chi connectivity index (χ2n) is 8.91. The molecule has 30 heavy (non-hydrogen) atoms. The molecule has 1 saturated heterocycles. The number of benzene rings is 3. The van der Waals surface area contributed by atoms with Gasteiger partial charge >= 0.3 is 0 Å². The maximum atomic E-state index is 14.0. The molecule has 3 aliphatic carbocycles. The van der Waals surface area contributed by atoms with Gasteiger partial charge in [0.1, 0.15) is 0 Å². The Hall–Kier alpha value is -2.47. The van der Waals surface area contributed by atoms with Crippen LogP contribution in [0.1, 0.15) is 36.1 Å². The van der Waals surface area contributed by atoms with Crippen LogP contribution in [0.2, 0.25) is 0 Å². The van der Waals surface area contributed by atoms with Crippen LogP contribution in [0.25, 0.3) is 0 Å². The van der Waals surface area contributed by atoms with E-state index in [9.17, 15) is 9.59 Å². The number of halogens is 1. The highest BCUT2D eigenvalue weighted by Gasteiger charge is 2.70. The van der Waals surface area contributed by atoms with E-state index in [4.69, 9.17) is 0 Å². The number of hydrogen-bond acceptors (Lipinski definition) is 2. The number of hydrogen-bond donors (Lipinski definition) is 0. The van der Waals surface area contributed by atoms with Crippen molar-refractivity contribution in [3.63, 3.8) is 0 Å². The molecule has 0 N–H and O–H groups in total. The summed E-state index contributed by atoms with van der Waals surface area (Å²) in [6, 6.07) is 24.4. The smallest absolute Gasteiger partial charge is 0.239 e. The number of carbonyl (C=O) groups excluding carboxylic acids is 2. The summed E-state index contributed by atoms with van der Waals surface area (Å²) < 4.78 is 0.910. The SMILES string of the molecule is CC12c3ccccc3C(C)(c3ccccc31)C1C(=O)N(c3ccccc3I)C(=O)C12. The Morgan fingerprint density at radius 2 is 1.03 bits per heavy atom. The monoisotopic (exact) mass is 505 g/mol. The van der Waals surface area contributed by atoms with Crippen molar-refractivity contribution in [1.82, 2.24) is 0 Å². The Balaban J connectivity index is 1.68. The molecule has 0 saturated carbocycles. The Morgan fingerprint density at radius 3 is 1.43 bits per heavy atom. The fourth-order valence-electron chi connectivity index (χ4n) is 6.44. The maximum absolute atomic E-state index is 14.0. The van der Waals surface area contributed by atoms with Crippen LogP contribution < -0.4 is 4.90 Å². The quantitative estimate of drug-likeness (QED) is 0.344. The van der Waals surface area contributed by atoms with E-state index in [1.165, 1.54) is 27.2 Å². The van der Waals surface area contributed by atoms with Gasteiger partial charge in [-0.25, -0.2) is 4.90 Å². The Kier molecular flexibility index (Phi) is 3.55. The molecule has 1 heterocycles.